The zero-order valence-electron chi connectivity index (χ0n) is 8.62. The molecule has 1 aromatic heterocycles. The fourth-order valence-electron chi connectivity index (χ4n) is 1.36. The van der Waals surface area contributed by atoms with Gasteiger partial charge in [-0.15, -0.1) is 0 Å². The molecule has 0 bridgehead atoms. The van der Waals surface area contributed by atoms with Crippen molar-refractivity contribution in [2.75, 3.05) is 0 Å². The molecule has 0 aliphatic rings. The van der Waals surface area contributed by atoms with Crippen LogP contribution < -0.4 is 5.56 Å². The lowest BCUT2D eigenvalue weighted by Crippen LogP contribution is -2.24. The first-order valence-corrected chi connectivity index (χ1v) is 4.83. The summed E-state index contributed by atoms with van der Waals surface area (Å²) in [6, 6.07) is 5.02. The highest BCUT2D eigenvalue weighted by Crippen LogP contribution is 1.97. The van der Waals surface area contributed by atoms with E-state index >= 15 is 0 Å². The van der Waals surface area contributed by atoms with Crippen molar-refractivity contribution in [3.05, 3.63) is 34.2 Å². The molecule has 0 spiro atoms. The van der Waals surface area contributed by atoms with E-state index in [4.69, 9.17) is 0 Å². The molecule has 0 saturated heterocycles. The number of pyridine rings is 1. The Labute approximate surface area is 83.4 Å². The Morgan fingerprint density at radius 1 is 1.43 bits per heavy atom. The van der Waals surface area contributed by atoms with Gasteiger partial charge in [0.05, 0.1) is 6.54 Å². The van der Waals surface area contributed by atoms with Gasteiger partial charge in [-0.05, 0) is 19.4 Å². The second-order valence-electron chi connectivity index (χ2n) is 3.38. The summed E-state index contributed by atoms with van der Waals surface area (Å²) in [6.45, 7) is 4.00. The first-order valence-electron chi connectivity index (χ1n) is 4.83. The Kier molecular flexibility index (Phi) is 3.63. The van der Waals surface area contributed by atoms with Crippen LogP contribution in [-0.4, -0.2) is 10.4 Å². The van der Waals surface area contributed by atoms with Crippen LogP contribution in [0.5, 0.6) is 0 Å². The average Bonchev–Trinajstić information content (AvgIpc) is 2.12. The van der Waals surface area contributed by atoms with Crippen molar-refractivity contribution in [1.29, 1.82) is 0 Å². The number of aromatic nitrogens is 1. The number of rotatable bonds is 4. The number of hydrogen-bond donors (Lipinski definition) is 0. The highest BCUT2D eigenvalue weighted by molar-refractivity contribution is 5.78. The summed E-state index contributed by atoms with van der Waals surface area (Å²) in [5.41, 5.74) is 0.733. The van der Waals surface area contributed by atoms with E-state index in [1.807, 2.05) is 19.9 Å². The summed E-state index contributed by atoms with van der Waals surface area (Å²) >= 11 is 0. The Bertz CT molecular complexity index is 379. The molecule has 3 nitrogen and oxygen atoms in total. The first-order chi connectivity index (χ1) is 6.65. The van der Waals surface area contributed by atoms with Crippen molar-refractivity contribution in [1.82, 2.24) is 4.57 Å². The van der Waals surface area contributed by atoms with Gasteiger partial charge in [0.2, 0.25) is 0 Å². The summed E-state index contributed by atoms with van der Waals surface area (Å²) in [4.78, 5) is 22.7. The van der Waals surface area contributed by atoms with Crippen LogP contribution in [0.25, 0.3) is 0 Å². The van der Waals surface area contributed by atoms with E-state index in [0.29, 0.717) is 6.42 Å². The molecule has 0 saturated carbocycles. The topological polar surface area (TPSA) is 39.1 Å². The van der Waals surface area contributed by atoms with Crippen LogP contribution in [0.15, 0.2) is 23.0 Å². The standard InChI is InChI=1S/C11H15NO2/c1-3-5-10(13)8-12-9(2)6-4-7-11(12)14/h4,6-7H,3,5,8H2,1-2H3. The fourth-order valence-corrected chi connectivity index (χ4v) is 1.36. The van der Waals surface area contributed by atoms with E-state index < -0.39 is 0 Å². The maximum Gasteiger partial charge on any atom is 0.251 e. The van der Waals surface area contributed by atoms with E-state index in [1.54, 1.807) is 6.07 Å². The molecule has 76 valence electrons. The Balaban J connectivity index is 2.86. The Morgan fingerprint density at radius 3 is 2.71 bits per heavy atom. The Hall–Kier alpha value is -1.38. The van der Waals surface area contributed by atoms with E-state index in [1.165, 1.54) is 10.6 Å². The number of ketones is 1. The molecule has 0 amide bonds. The van der Waals surface area contributed by atoms with Crippen LogP contribution in [0.4, 0.5) is 0 Å². The smallest absolute Gasteiger partial charge is 0.251 e. The SMILES string of the molecule is CCCC(=O)Cn1c(C)cccc1=O. The van der Waals surface area contributed by atoms with Crippen LogP contribution in [0.1, 0.15) is 25.5 Å². The maximum absolute atomic E-state index is 11.4. The maximum atomic E-state index is 11.4. The minimum absolute atomic E-state index is 0.102. The van der Waals surface area contributed by atoms with Gasteiger partial charge in [-0.2, -0.15) is 0 Å². The van der Waals surface area contributed by atoms with Crippen LogP contribution in [0, 0.1) is 6.92 Å². The van der Waals surface area contributed by atoms with Crippen LogP contribution >= 0.6 is 0 Å². The quantitative estimate of drug-likeness (QED) is 0.727. The number of hydrogen-bond acceptors (Lipinski definition) is 2. The van der Waals surface area contributed by atoms with Crippen LogP contribution in [0.3, 0.4) is 0 Å². The molecule has 0 radical (unpaired) electrons. The minimum Gasteiger partial charge on any atom is -0.306 e. The molecule has 1 aromatic rings. The van der Waals surface area contributed by atoms with Gasteiger partial charge in [0.1, 0.15) is 0 Å². The largest absolute Gasteiger partial charge is 0.306 e. The zero-order chi connectivity index (χ0) is 10.6. The average molecular weight is 193 g/mol. The summed E-state index contributed by atoms with van der Waals surface area (Å²) in [5, 5.41) is 0. The third kappa shape index (κ3) is 2.55. The van der Waals surface area contributed by atoms with E-state index in [2.05, 4.69) is 0 Å². The lowest BCUT2D eigenvalue weighted by atomic mass is 10.2. The Morgan fingerprint density at radius 2 is 2.14 bits per heavy atom. The van der Waals surface area contributed by atoms with Gasteiger partial charge < -0.3 is 4.57 Å². The van der Waals surface area contributed by atoms with Gasteiger partial charge in [0.15, 0.2) is 5.78 Å². The monoisotopic (exact) mass is 193 g/mol. The predicted molar refractivity (Wildman–Crippen MR) is 55.4 cm³/mol. The lowest BCUT2D eigenvalue weighted by molar-refractivity contribution is -0.119. The first kappa shape index (κ1) is 10.7. The zero-order valence-corrected chi connectivity index (χ0v) is 8.62. The number of carbonyl (C=O) groups excluding carboxylic acids is 1. The van der Waals surface area contributed by atoms with Crippen molar-refractivity contribution in [3.8, 4) is 0 Å². The third-order valence-electron chi connectivity index (χ3n) is 2.13. The molecule has 3 heteroatoms. The van der Waals surface area contributed by atoms with E-state index in [0.717, 1.165) is 12.1 Å². The van der Waals surface area contributed by atoms with Crippen LogP contribution in [0.2, 0.25) is 0 Å². The number of carbonyl (C=O) groups is 1. The summed E-state index contributed by atoms with van der Waals surface area (Å²) in [6.07, 6.45) is 1.38. The molecule has 0 atom stereocenters. The van der Waals surface area contributed by atoms with Crippen LogP contribution in [-0.2, 0) is 11.3 Å². The molecule has 0 unspecified atom stereocenters. The molecule has 0 N–H and O–H groups in total. The molecule has 0 aromatic carbocycles. The van der Waals surface area contributed by atoms with Gasteiger partial charge >= 0.3 is 0 Å². The minimum atomic E-state index is -0.102. The molecule has 0 fully saturated rings. The van der Waals surface area contributed by atoms with Crippen molar-refractivity contribution < 1.29 is 4.79 Å². The van der Waals surface area contributed by atoms with E-state index in [9.17, 15) is 9.59 Å². The van der Waals surface area contributed by atoms with Gasteiger partial charge in [-0.25, -0.2) is 0 Å². The molecule has 14 heavy (non-hydrogen) atoms. The predicted octanol–water partition coefficient (Wildman–Crippen LogP) is 1.53. The molecule has 0 aliphatic carbocycles. The van der Waals surface area contributed by atoms with Crippen molar-refractivity contribution in [2.45, 2.75) is 33.2 Å². The van der Waals surface area contributed by atoms with Gasteiger partial charge in [-0.3, -0.25) is 9.59 Å². The molecule has 1 heterocycles. The number of nitrogens with zero attached hydrogens (tertiary/aromatic N) is 1. The number of Topliss-reactive ketones (excluding diaryl/α,β-unsaturated/α-hetero) is 1. The molecule has 1 rings (SSSR count). The second kappa shape index (κ2) is 4.74. The van der Waals surface area contributed by atoms with Gasteiger partial charge in [0, 0.05) is 18.2 Å². The van der Waals surface area contributed by atoms with Gasteiger partial charge in [0.25, 0.3) is 5.56 Å². The molecule has 0 aliphatic heterocycles. The van der Waals surface area contributed by atoms with Gasteiger partial charge in [-0.1, -0.05) is 13.0 Å². The van der Waals surface area contributed by atoms with Crippen molar-refractivity contribution in [2.24, 2.45) is 0 Å². The van der Waals surface area contributed by atoms with Crippen molar-refractivity contribution >= 4 is 5.78 Å². The fraction of sp³-hybridized carbons (Fsp3) is 0.455. The normalized spacial score (nSPS) is 10.1. The van der Waals surface area contributed by atoms with E-state index in [-0.39, 0.29) is 17.9 Å². The summed E-state index contributed by atoms with van der Waals surface area (Å²) in [5.74, 6) is 0.115. The third-order valence-corrected chi connectivity index (χ3v) is 2.13. The second-order valence-corrected chi connectivity index (χ2v) is 3.38. The molecular weight excluding hydrogens is 178 g/mol. The number of aryl methyl sites for hydroxylation is 1. The molecular formula is C11H15NO2. The highest BCUT2D eigenvalue weighted by atomic mass is 16.1. The highest BCUT2D eigenvalue weighted by Gasteiger charge is 2.04. The lowest BCUT2D eigenvalue weighted by Gasteiger charge is -2.07. The summed E-state index contributed by atoms with van der Waals surface area (Å²) < 4.78 is 1.51. The summed E-state index contributed by atoms with van der Waals surface area (Å²) in [7, 11) is 0. The van der Waals surface area contributed by atoms with Crippen molar-refractivity contribution in [3.63, 3.8) is 0 Å².